The highest BCUT2D eigenvalue weighted by molar-refractivity contribution is 7.80. The molecule has 1 aromatic rings. The van der Waals surface area contributed by atoms with Crippen LogP contribution in [0.2, 0.25) is 0 Å². The molecule has 1 aliphatic heterocycles. The molecule has 0 aliphatic carbocycles. The Kier molecular flexibility index (Phi) is 10.6. The van der Waals surface area contributed by atoms with Crippen LogP contribution in [0.4, 0.5) is 0 Å². The number of esters is 1. The molecule has 1 saturated heterocycles. The Balaban J connectivity index is 1.93. The summed E-state index contributed by atoms with van der Waals surface area (Å²) in [7, 11) is 0. The van der Waals surface area contributed by atoms with Gasteiger partial charge < -0.3 is 19.7 Å². The maximum atomic E-state index is 12.7. The molecular formula is C24H35N3O5S. The highest BCUT2D eigenvalue weighted by Gasteiger charge is 2.34. The number of amides is 2. The molecule has 9 heteroatoms. The zero-order valence-corrected chi connectivity index (χ0v) is 20.7. The van der Waals surface area contributed by atoms with Crippen molar-refractivity contribution in [1.29, 1.82) is 0 Å². The smallest absolute Gasteiger partial charge is 0.308 e. The Morgan fingerprint density at radius 2 is 1.76 bits per heavy atom. The lowest BCUT2D eigenvalue weighted by Gasteiger charge is -2.36. The summed E-state index contributed by atoms with van der Waals surface area (Å²) in [4.78, 5) is 38.9. The van der Waals surface area contributed by atoms with Gasteiger partial charge in [-0.3, -0.25) is 19.7 Å². The van der Waals surface area contributed by atoms with Crippen LogP contribution in [0.25, 0.3) is 0 Å². The third-order valence-electron chi connectivity index (χ3n) is 5.21. The molecule has 1 unspecified atom stereocenters. The minimum absolute atomic E-state index is 0.104. The fraction of sp³-hybridized carbons (Fsp3) is 0.583. The molecule has 1 aromatic carbocycles. The summed E-state index contributed by atoms with van der Waals surface area (Å²) >= 11 is 5.40. The fourth-order valence-corrected chi connectivity index (χ4v) is 3.45. The van der Waals surface area contributed by atoms with Gasteiger partial charge >= 0.3 is 5.97 Å². The number of hydrogen-bond donors (Lipinski definition) is 2. The number of nitrogens with one attached hydrogen (secondary N) is 2. The summed E-state index contributed by atoms with van der Waals surface area (Å²) in [6, 6.07) is 5.98. The molecule has 0 saturated carbocycles. The van der Waals surface area contributed by atoms with Crippen LogP contribution < -0.4 is 15.4 Å². The van der Waals surface area contributed by atoms with E-state index in [1.54, 1.807) is 29.2 Å². The molecule has 2 rings (SSSR count). The number of nitrogens with zero attached hydrogens (tertiary/aromatic N) is 1. The highest BCUT2D eigenvalue weighted by atomic mass is 32.1. The standard InChI is InChI=1S/C24H35N3O5S/c1-16(2)9-13-31-19-7-5-18(6-8-19)22(29)26-24(33)27-12-11-25-23(30)20(27)15-21(28)32-14-10-17(3)4/h5-8,16-17,20H,9-15H2,1-4H3,(H,25,30)(H,26,29,33). The first-order valence-electron chi connectivity index (χ1n) is 11.5. The first kappa shape index (κ1) is 26.6. The van der Waals surface area contributed by atoms with Crippen LogP contribution in [0.15, 0.2) is 24.3 Å². The largest absolute Gasteiger partial charge is 0.494 e. The number of benzene rings is 1. The van der Waals surface area contributed by atoms with Crippen molar-refractivity contribution in [3.8, 4) is 5.75 Å². The first-order chi connectivity index (χ1) is 15.7. The molecule has 33 heavy (non-hydrogen) atoms. The van der Waals surface area contributed by atoms with Crippen molar-refractivity contribution >= 4 is 35.1 Å². The summed E-state index contributed by atoms with van der Waals surface area (Å²) in [5.41, 5.74) is 0.416. The molecular weight excluding hydrogens is 442 g/mol. The SMILES string of the molecule is CC(C)CCOC(=O)CC1C(=O)NCCN1C(=S)NC(=O)c1ccc(OCCC(C)C)cc1. The van der Waals surface area contributed by atoms with Gasteiger partial charge in [0, 0.05) is 18.7 Å². The molecule has 1 atom stereocenters. The average Bonchev–Trinajstić information content (AvgIpc) is 2.75. The van der Waals surface area contributed by atoms with E-state index in [4.69, 9.17) is 21.7 Å². The van der Waals surface area contributed by atoms with Gasteiger partial charge in [0.15, 0.2) is 5.11 Å². The van der Waals surface area contributed by atoms with Crippen LogP contribution in [0.1, 0.15) is 57.3 Å². The van der Waals surface area contributed by atoms with E-state index >= 15 is 0 Å². The maximum Gasteiger partial charge on any atom is 0.308 e. The highest BCUT2D eigenvalue weighted by Crippen LogP contribution is 2.15. The summed E-state index contributed by atoms with van der Waals surface area (Å²) in [6.45, 7) is 10.0. The van der Waals surface area contributed by atoms with E-state index in [9.17, 15) is 14.4 Å². The van der Waals surface area contributed by atoms with Crippen molar-refractivity contribution in [1.82, 2.24) is 15.5 Å². The molecule has 2 N–H and O–H groups in total. The van der Waals surface area contributed by atoms with E-state index in [1.165, 1.54) is 0 Å². The summed E-state index contributed by atoms with van der Waals surface area (Å²) in [5, 5.41) is 5.51. The molecule has 2 amide bonds. The van der Waals surface area contributed by atoms with Crippen LogP contribution >= 0.6 is 12.2 Å². The van der Waals surface area contributed by atoms with E-state index in [2.05, 4.69) is 24.5 Å². The van der Waals surface area contributed by atoms with Crippen molar-refractivity contribution in [3.63, 3.8) is 0 Å². The Bertz CT molecular complexity index is 826. The quantitative estimate of drug-likeness (QED) is 0.395. The molecule has 0 bridgehead atoms. The lowest BCUT2D eigenvalue weighted by atomic mass is 10.1. The molecule has 1 fully saturated rings. The Morgan fingerprint density at radius 1 is 1.12 bits per heavy atom. The van der Waals surface area contributed by atoms with Crippen molar-refractivity contribution in [3.05, 3.63) is 29.8 Å². The topological polar surface area (TPSA) is 97.0 Å². The summed E-state index contributed by atoms with van der Waals surface area (Å²) < 4.78 is 10.9. The molecule has 8 nitrogen and oxygen atoms in total. The maximum absolute atomic E-state index is 12.7. The molecule has 0 aromatic heterocycles. The van der Waals surface area contributed by atoms with Crippen molar-refractivity contribution in [2.75, 3.05) is 26.3 Å². The lowest BCUT2D eigenvalue weighted by molar-refractivity contribution is -0.147. The number of rotatable bonds is 10. The van der Waals surface area contributed by atoms with E-state index in [0.29, 0.717) is 49.5 Å². The van der Waals surface area contributed by atoms with Gasteiger partial charge in [-0.05, 0) is 61.2 Å². The number of piperazine rings is 1. The minimum Gasteiger partial charge on any atom is -0.494 e. The van der Waals surface area contributed by atoms with E-state index < -0.39 is 17.9 Å². The fourth-order valence-electron chi connectivity index (χ4n) is 3.14. The predicted octanol–water partition coefficient (Wildman–Crippen LogP) is 2.91. The Labute approximate surface area is 201 Å². The van der Waals surface area contributed by atoms with Gasteiger partial charge in [-0.2, -0.15) is 0 Å². The van der Waals surface area contributed by atoms with Crippen molar-refractivity contribution < 1.29 is 23.9 Å². The second-order valence-electron chi connectivity index (χ2n) is 8.92. The van der Waals surface area contributed by atoms with E-state index in [0.717, 1.165) is 12.8 Å². The first-order valence-corrected chi connectivity index (χ1v) is 11.9. The number of hydrogen-bond acceptors (Lipinski definition) is 6. The Morgan fingerprint density at radius 3 is 2.39 bits per heavy atom. The number of ether oxygens (including phenoxy) is 2. The second-order valence-corrected chi connectivity index (χ2v) is 9.31. The van der Waals surface area contributed by atoms with Gasteiger partial charge in [0.25, 0.3) is 5.91 Å². The van der Waals surface area contributed by atoms with Gasteiger partial charge in [-0.15, -0.1) is 0 Å². The zero-order valence-electron chi connectivity index (χ0n) is 19.9. The summed E-state index contributed by atoms with van der Waals surface area (Å²) in [5.74, 6) is 0.484. The predicted molar refractivity (Wildman–Crippen MR) is 130 cm³/mol. The third kappa shape index (κ3) is 9.00. The molecule has 182 valence electrons. The van der Waals surface area contributed by atoms with Crippen molar-refractivity contribution in [2.24, 2.45) is 11.8 Å². The van der Waals surface area contributed by atoms with Crippen LogP contribution in [-0.4, -0.2) is 60.1 Å². The van der Waals surface area contributed by atoms with Crippen LogP contribution in [0, 0.1) is 11.8 Å². The third-order valence-corrected chi connectivity index (χ3v) is 5.55. The monoisotopic (exact) mass is 477 g/mol. The minimum atomic E-state index is -0.824. The number of carbonyl (C=O) groups excluding carboxylic acids is 3. The van der Waals surface area contributed by atoms with Crippen LogP contribution in [0.5, 0.6) is 5.75 Å². The van der Waals surface area contributed by atoms with Gasteiger partial charge in [0.1, 0.15) is 11.8 Å². The normalized spacial score (nSPS) is 15.9. The average molecular weight is 478 g/mol. The van der Waals surface area contributed by atoms with Gasteiger partial charge in [0.05, 0.1) is 19.6 Å². The zero-order chi connectivity index (χ0) is 24.4. The van der Waals surface area contributed by atoms with Gasteiger partial charge in [0.2, 0.25) is 5.91 Å². The van der Waals surface area contributed by atoms with Gasteiger partial charge in [-0.25, -0.2) is 0 Å². The number of carbonyl (C=O) groups is 3. The van der Waals surface area contributed by atoms with E-state index in [-0.39, 0.29) is 17.4 Å². The molecule has 0 radical (unpaired) electrons. The molecule has 1 heterocycles. The van der Waals surface area contributed by atoms with Gasteiger partial charge in [-0.1, -0.05) is 27.7 Å². The summed E-state index contributed by atoms with van der Waals surface area (Å²) in [6.07, 6.45) is 1.57. The molecule has 0 spiro atoms. The van der Waals surface area contributed by atoms with Crippen LogP contribution in [0.3, 0.4) is 0 Å². The second kappa shape index (κ2) is 13.1. The Hall–Kier alpha value is -2.68. The lowest BCUT2D eigenvalue weighted by Crippen LogP contribution is -2.60. The van der Waals surface area contributed by atoms with E-state index in [1.807, 2.05) is 13.8 Å². The number of thiocarbonyl (C=S) groups is 1. The van der Waals surface area contributed by atoms with Crippen LogP contribution in [-0.2, 0) is 14.3 Å². The van der Waals surface area contributed by atoms with Crippen molar-refractivity contribution in [2.45, 2.75) is 53.0 Å². The molecule has 1 aliphatic rings.